The van der Waals surface area contributed by atoms with Gasteiger partial charge in [0.15, 0.2) is 0 Å². The minimum atomic E-state index is -3.16. The van der Waals surface area contributed by atoms with Crippen LogP contribution < -0.4 is 4.72 Å². The summed E-state index contributed by atoms with van der Waals surface area (Å²) in [6.07, 6.45) is 0.847. The second-order valence-electron chi connectivity index (χ2n) is 3.38. The highest BCUT2D eigenvalue weighted by Gasteiger charge is 2.07. The molecular formula is C10H15NO3S. The van der Waals surface area contributed by atoms with Crippen LogP contribution in [0.1, 0.15) is 18.1 Å². The minimum Gasteiger partial charge on any atom is -0.388 e. The summed E-state index contributed by atoms with van der Waals surface area (Å²) < 4.78 is 23.8. The molecule has 4 nitrogen and oxygen atoms in total. The summed E-state index contributed by atoms with van der Waals surface area (Å²) in [4.78, 5) is 0. The highest BCUT2D eigenvalue weighted by atomic mass is 32.2. The molecule has 0 bridgehead atoms. The molecule has 5 heteroatoms. The number of sulfonamides is 1. The quantitative estimate of drug-likeness (QED) is 0.779. The number of aliphatic hydroxyl groups is 1. The van der Waals surface area contributed by atoms with E-state index in [1.807, 2.05) is 30.3 Å². The Morgan fingerprint density at radius 1 is 1.33 bits per heavy atom. The Hall–Kier alpha value is -0.910. The summed E-state index contributed by atoms with van der Waals surface area (Å²) in [5.41, 5.74) is 0.799. The van der Waals surface area contributed by atoms with Crippen LogP contribution in [0, 0.1) is 0 Å². The van der Waals surface area contributed by atoms with Gasteiger partial charge in [-0.3, -0.25) is 0 Å². The Bertz CT molecular complexity index is 388. The molecule has 0 aliphatic carbocycles. The van der Waals surface area contributed by atoms with Crippen molar-refractivity contribution in [1.82, 2.24) is 4.72 Å². The van der Waals surface area contributed by atoms with Gasteiger partial charge in [0, 0.05) is 6.54 Å². The van der Waals surface area contributed by atoms with E-state index in [1.54, 1.807) is 0 Å². The minimum absolute atomic E-state index is 0.245. The molecule has 0 aromatic heterocycles. The van der Waals surface area contributed by atoms with Crippen molar-refractivity contribution in [2.45, 2.75) is 12.5 Å². The third-order valence-corrected chi connectivity index (χ3v) is 2.69. The molecule has 1 aromatic rings. The first kappa shape index (κ1) is 12.2. The van der Waals surface area contributed by atoms with Crippen molar-refractivity contribution in [3.05, 3.63) is 35.9 Å². The van der Waals surface area contributed by atoms with Crippen LogP contribution >= 0.6 is 0 Å². The van der Waals surface area contributed by atoms with Crippen molar-refractivity contribution in [2.75, 3.05) is 12.8 Å². The van der Waals surface area contributed by atoms with Gasteiger partial charge in [0.1, 0.15) is 0 Å². The van der Waals surface area contributed by atoms with Gasteiger partial charge in [-0.25, -0.2) is 13.1 Å². The molecule has 1 atom stereocenters. The average Bonchev–Trinajstić information content (AvgIpc) is 2.17. The van der Waals surface area contributed by atoms with Crippen molar-refractivity contribution in [3.63, 3.8) is 0 Å². The van der Waals surface area contributed by atoms with Crippen molar-refractivity contribution < 1.29 is 13.5 Å². The van der Waals surface area contributed by atoms with Gasteiger partial charge in [0.25, 0.3) is 0 Å². The van der Waals surface area contributed by atoms with E-state index in [0.29, 0.717) is 6.42 Å². The summed E-state index contributed by atoms with van der Waals surface area (Å²) in [6.45, 7) is 0.245. The zero-order valence-electron chi connectivity index (χ0n) is 8.55. The van der Waals surface area contributed by atoms with Crippen LogP contribution in [0.15, 0.2) is 30.3 Å². The normalized spacial score (nSPS) is 13.7. The summed E-state index contributed by atoms with van der Waals surface area (Å²) in [6, 6.07) is 9.16. The van der Waals surface area contributed by atoms with Crippen LogP contribution in [0.3, 0.4) is 0 Å². The van der Waals surface area contributed by atoms with Crippen molar-refractivity contribution in [3.8, 4) is 0 Å². The lowest BCUT2D eigenvalue weighted by Gasteiger charge is -2.10. The number of nitrogens with one attached hydrogen (secondary N) is 1. The molecule has 0 saturated carbocycles. The fraction of sp³-hybridized carbons (Fsp3) is 0.400. The van der Waals surface area contributed by atoms with Crippen LogP contribution in [0.5, 0.6) is 0 Å². The van der Waals surface area contributed by atoms with Crippen LogP contribution in [0.25, 0.3) is 0 Å². The summed E-state index contributed by atoms with van der Waals surface area (Å²) in [5, 5.41) is 9.68. The van der Waals surface area contributed by atoms with Gasteiger partial charge in [0.05, 0.1) is 12.4 Å². The highest BCUT2D eigenvalue weighted by Crippen LogP contribution is 2.14. The SMILES string of the molecule is CS(=O)(=O)NCCC(O)c1ccccc1. The molecule has 0 aliphatic heterocycles. The molecule has 84 valence electrons. The van der Waals surface area contributed by atoms with Gasteiger partial charge in [-0.1, -0.05) is 30.3 Å². The third kappa shape index (κ3) is 4.92. The van der Waals surface area contributed by atoms with E-state index in [1.165, 1.54) is 0 Å². The molecule has 1 rings (SSSR count). The van der Waals surface area contributed by atoms with Crippen LogP contribution in [0.4, 0.5) is 0 Å². The van der Waals surface area contributed by atoms with E-state index >= 15 is 0 Å². The maximum atomic E-state index is 10.8. The first-order valence-electron chi connectivity index (χ1n) is 4.67. The summed E-state index contributed by atoms with van der Waals surface area (Å²) in [5.74, 6) is 0. The Balaban J connectivity index is 2.41. The van der Waals surface area contributed by atoms with E-state index in [2.05, 4.69) is 4.72 Å². The fourth-order valence-electron chi connectivity index (χ4n) is 1.22. The maximum Gasteiger partial charge on any atom is 0.208 e. The summed E-state index contributed by atoms with van der Waals surface area (Å²) >= 11 is 0. The Morgan fingerprint density at radius 3 is 2.47 bits per heavy atom. The fourth-order valence-corrected chi connectivity index (χ4v) is 1.71. The predicted molar refractivity (Wildman–Crippen MR) is 58.9 cm³/mol. The Labute approximate surface area is 90.0 Å². The zero-order valence-corrected chi connectivity index (χ0v) is 9.37. The Kier molecular flexibility index (Phi) is 4.26. The molecule has 15 heavy (non-hydrogen) atoms. The van der Waals surface area contributed by atoms with E-state index in [9.17, 15) is 13.5 Å². The van der Waals surface area contributed by atoms with Gasteiger partial charge in [0.2, 0.25) is 10.0 Å². The molecule has 2 N–H and O–H groups in total. The van der Waals surface area contributed by atoms with Crippen molar-refractivity contribution >= 4 is 10.0 Å². The van der Waals surface area contributed by atoms with Gasteiger partial charge >= 0.3 is 0 Å². The largest absolute Gasteiger partial charge is 0.388 e. The van der Waals surface area contributed by atoms with Crippen LogP contribution in [-0.4, -0.2) is 26.3 Å². The molecule has 0 heterocycles. The number of hydrogen-bond donors (Lipinski definition) is 2. The average molecular weight is 229 g/mol. The van der Waals surface area contributed by atoms with E-state index in [0.717, 1.165) is 11.8 Å². The van der Waals surface area contributed by atoms with E-state index in [-0.39, 0.29) is 6.54 Å². The molecule has 0 spiro atoms. The summed E-state index contributed by atoms with van der Waals surface area (Å²) in [7, 11) is -3.16. The number of rotatable bonds is 5. The smallest absolute Gasteiger partial charge is 0.208 e. The van der Waals surface area contributed by atoms with E-state index in [4.69, 9.17) is 0 Å². The second kappa shape index (κ2) is 5.25. The van der Waals surface area contributed by atoms with Crippen LogP contribution in [-0.2, 0) is 10.0 Å². The van der Waals surface area contributed by atoms with Gasteiger partial charge in [-0.15, -0.1) is 0 Å². The lowest BCUT2D eigenvalue weighted by atomic mass is 10.1. The Morgan fingerprint density at radius 2 is 1.93 bits per heavy atom. The number of benzene rings is 1. The predicted octanol–water partition coefficient (Wildman–Crippen LogP) is 0.659. The first-order chi connectivity index (χ1) is 6.99. The molecule has 1 aromatic carbocycles. The number of aliphatic hydroxyl groups excluding tert-OH is 1. The van der Waals surface area contributed by atoms with Crippen molar-refractivity contribution in [1.29, 1.82) is 0 Å². The standard InChI is InChI=1S/C10H15NO3S/c1-15(13,14)11-8-7-10(12)9-5-3-2-4-6-9/h2-6,10-12H,7-8H2,1H3. The molecule has 1 unspecified atom stereocenters. The maximum absolute atomic E-state index is 10.8. The lowest BCUT2D eigenvalue weighted by Crippen LogP contribution is -2.24. The monoisotopic (exact) mass is 229 g/mol. The first-order valence-corrected chi connectivity index (χ1v) is 6.56. The van der Waals surface area contributed by atoms with E-state index < -0.39 is 16.1 Å². The molecule has 0 amide bonds. The molecule has 0 aliphatic rings. The lowest BCUT2D eigenvalue weighted by molar-refractivity contribution is 0.169. The molecular weight excluding hydrogens is 214 g/mol. The topological polar surface area (TPSA) is 66.4 Å². The molecule has 0 radical (unpaired) electrons. The third-order valence-electron chi connectivity index (χ3n) is 1.97. The highest BCUT2D eigenvalue weighted by molar-refractivity contribution is 7.88. The molecule has 0 fully saturated rings. The van der Waals surface area contributed by atoms with Crippen molar-refractivity contribution in [2.24, 2.45) is 0 Å². The molecule has 0 saturated heterocycles. The van der Waals surface area contributed by atoms with Gasteiger partial charge < -0.3 is 5.11 Å². The second-order valence-corrected chi connectivity index (χ2v) is 5.21. The zero-order chi connectivity index (χ0) is 11.3. The van der Waals surface area contributed by atoms with Gasteiger partial charge in [-0.05, 0) is 12.0 Å². The van der Waals surface area contributed by atoms with Gasteiger partial charge in [-0.2, -0.15) is 0 Å². The van der Waals surface area contributed by atoms with Crippen LogP contribution in [0.2, 0.25) is 0 Å². The number of hydrogen-bond acceptors (Lipinski definition) is 3.